The van der Waals surface area contributed by atoms with E-state index in [0.717, 1.165) is 0 Å². The van der Waals surface area contributed by atoms with Crippen molar-refractivity contribution in [2.75, 3.05) is 5.75 Å². The van der Waals surface area contributed by atoms with Crippen LogP contribution in [0.3, 0.4) is 0 Å². The van der Waals surface area contributed by atoms with Gasteiger partial charge in [0.2, 0.25) is 0 Å². The van der Waals surface area contributed by atoms with Gasteiger partial charge in [0, 0.05) is 18.6 Å². The molecule has 0 aliphatic rings. The molecule has 0 amide bonds. The second-order valence-corrected chi connectivity index (χ2v) is 4.66. The fourth-order valence-electron chi connectivity index (χ4n) is 0.983. The van der Waals surface area contributed by atoms with Gasteiger partial charge < -0.3 is 4.18 Å². The maximum absolute atomic E-state index is 12.4. The fourth-order valence-corrected chi connectivity index (χ4v) is 1.68. The van der Waals surface area contributed by atoms with Crippen LogP contribution in [0, 0.1) is 0 Å². The lowest BCUT2D eigenvalue weighted by atomic mass is 10.1. The van der Waals surface area contributed by atoms with Crippen LogP contribution in [0.4, 0.5) is 26.3 Å². The van der Waals surface area contributed by atoms with Crippen LogP contribution in [0.15, 0.2) is 12.2 Å². The van der Waals surface area contributed by atoms with E-state index in [1.165, 1.54) is 6.92 Å². The predicted molar refractivity (Wildman–Crippen MR) is 58.1 cm³/mol. The number of rotatable bonds is 7. The molecule has 0 rings (SSSR count). The lowest BCUT2D eigenvalue weighted by molar-refractivity contribution is -0.190. The van der Waals surface area contributed by atoms with Crippen LogP contribution in [-0.4, -0.2) is 24.2 Å². The average Bonchev–Trinajstić information content (AvgIpc) is 2.11. The van der Waals surface area contributed by atoms with Gasteiger partial charge in [0.15, 0.2) is 6.10 Å². The number of hydrogen-bond acceptors (Lipinski definition) is 2. The van der Waals surface area contributed by atoms with Gasteiger partial charge in [-0.25, -0.2) is 0 Å². The highest BCUT2D eigenvalue weighted by molar-refractivity contribution is 7.94. The van der Waals surface area contributed by atoms with Gasteiger partial charge in [0.1, 0.15) is 0 Å². The first-order chi connectivity index (χ1) is 8.02. The van der Waals surface area contributed by atoms with Gasteiger partial charge in [-0.2, -0.15) is 26.3 Å². The van der Waals surface area contributed by atoms with Crippen molar-refractivity contribution in [1.82, 2.24) is 0 Å². The molecule has 0 N–H and O–H groups in total. The minimum absolute atomic E-state index is 0.137. The maximum Gasteiger partial charge on any atom is 0.416 e. The van der Waals surface area contributed by atoms with Crippen LogP contribution in [0.2, 0.25) is 0 Å². The summed E-state index contributed by atoms with van der Waals surface area (Å²) in [4.78, 5) is 0. The van der Waals surface area contributed by atoms with Crippen LogP contribution >= 0.6 is 12.0 Å². The molecule has 8 heteroatoms. The Kier molecular flexibility index (Phi) is 7.13. The third kappa shape index (κ3) is 9.64. The number of halogens is 6. The van der Waals surface area contributed by atoms with Crippen LogP contribution in [-0.2, 0) is 4.18 Å². The second kappa shape index (κ2) is 7.28. The van der Waals surface area contributed by atoms with Gasteiger partial charge in [0.05, 0.1) is 0 Å². The van der Waals surface area contributed by atoms with Crippen LogP contribution < -0.4 is 0 Å². The minimum Gasteiger partial charge on any atom is -0.302 e. The van der Waals surface area contributed by atoms with E-state index in [9.17, 15) is 26.3 Å². The average molecular weight is 296 g/mol. The Balaban J connectivity index is 3.95. The van der Waals surface area contributed by atoms with Gasteiger partial charge in [-0.1, -0.05) is 5.57 Å². The summed E-state index contributed by atoms with van der Waals surface area (Å²) in [5.74, 6) is -0.137. The van der Waals surface area contributed by atoms with E-state index < -0.39 is 31.3 Å². The first-order valence-corrected chi connectivity index (χ1v) is 5.99. The molecular weight excluding hydrogens is 282 g/mol. The van der Waals surface area contributed by atoms with Gasteiger partial charge >= 0.3 is 12.4 Å². The quantitative estimate of drug-likeness (QED) is 0.286. The molecule has 1 unspecified atom stereocenters. The predicted octanol–water partition coefficient (Wildman–Crippen LogP) is 4.89. The fraction of sp³-hybridized carbons (Fsp3) is 0.800. The first kappa shape index (κ1) is 17.6. The molecule has 0 aromatic rings. The van der Waals surface area contributed by atoms with Crippen LogP contribution in [0.1, 0.15) is 26.2 Å². The summed E-state index contributed by atoms with van der Waals surface area (Å²) >= 11 is 0.410. The van der Waals surface area contributed by atoms with Crippen molar-refractivity contribution < 1.29 is 30.5 Å². The lowest BCUT2D eigenvalue weighted by Crippen LogP contribution is -2.30. The van der Waals surface area contributed by atoms with Crippen molar-refractivity contribution in [1.29, 1.82) is 0 Å². The molecule has 0 bridgehead atoms. The smallest absolute Gasteiger partial charge is 0.302 e. The molecule has 0 saturated heterocycles. The van der Waals surface area contributed by atoms with Crippen LogP contribution in [0.25, 0.3) is 0 Å². The molecule has 0 radical (unpaired) electrons. The molecule has 1 atom stereocenters. The van der Waals surface area contributed by atoms with Crippen molar-refractivity contribution in [3.8, 4) is 0 Å². The Hall–Kier alpha value is -0.370. The van der Waals surface area contributed by atoms with E-state index in [-0.39, 0.29) is 12.2 Å². The van der Waals surface area contributed by atoms with E-state index in [0.29, 0.717) is 17.6 Å². The lowest BCUT2D eigenvalue weighted by Gasteiger charge is -2.19. The highest BCUT2D eigenvalue weighted by Crippen LogP contribution is 2.31. The SMILES string of the molecule is C=C(C)CC(OSCCCC(F)(F)F)C(F)(F)F. The summed E-state index contributed by atoms with van der Waals surface area (Å²) in [6.07, 6.45) is -12.6. The van der Waals surface area contributed by atoms with Crippen molar-refractivity contribution in [3.05, 3.63) is 12.2 Å². The standard InChI is InChI=1S/C10H14F6OS/c1-7(2)6-8(10(14,15)16)17-18-5-3-4-9(11,12)13/h8H,1,3-6H2,2H3. The highest BCUT2D eigenvalue weighted by atomic mass is 32.2. The summed E-state index contributed by atoms with van der Waals surface area (Å²) in [6, 6.07) is 0. The Morgan fingerprint density at radius 3 is 2.17 bits per heavy atom. The monoisotopic (exact) mass is 296 g/mol. The molecule has 0 saturated carbocycles. The molecule has 0 heterocycles. The first-order valence-electron chi connectivity index (χ1n) is 5.08. The summed E-state index contributed by atoms with van der Waals surface area (Å²) in [5.41, 5.74) is 0.299. The third-order valence-corrected chi connectivity index (χ3v) is 2.59. The molecule has 0 aliphatic carbocycles. The van der Waals surface area contributed by atoms with Gasteiger partial charge in [-0.15, -0.1) is 6.58 Å². The summed E-state index contributed by atoms with van der Waals surface area (Å²) in [6.45, 7) is 4.77. The summed E-state index contributed by atoms with van der Waals surface area (Å²) in [7, 11) is 0. The van der Waals surface area contributed by atoms with Gasteiger partial charge in [0.25, 0.3) is 0 Å². The minimum atomic E-state index is -4.55. The largest absolute Gasteiger partial charge is 0.416 e. The molecule has 0 aromatic heterocycles. The van der Waals surface area contributed by atoms with Crippen molar-refractivity contribution >= 4 is 12.0 Å². The van der Waals surface area contributed by atoms with E-state index in [4.69, 9.17) is 0 Å². The third-order valence-electron chi connectivity index (χ3n) is 1.77. The molecule has 0 aliphatic heterocycles. The zero-order valence-corrected chi connectivity index (χ0v) is 10.5. The molecule has 1 nitrogen and oxygen atoms in total. The van der Waals surface area contributed by atoms with E-state index in [1.807, 2.05) is 0 Å². The van der Waals surface area contributed by atoms with Crippen molar-refractivity contribution in [3.63, 3.8) is 0 Å². The molecule has 0 spiro atoms. The molecule has 0 aromatic carbocycles. The Bertz CT molecular complexity index is 260. The van der Waals surface area contributed by atoms with Gasteiger partial charge in [-0.3, -0.25) is 0 Å². The van der Waals surface area contributed by atoms with Crippen molar-refractivity contribution in [2.24, 2.45) is 0 Å². The number of hydrogen-bond donors (Lipinski definition) is 0. The van der Waals surface area contributed by atoms with E-state index >= 15 is 0 Å². The van der Waals surface area contributed by atoms with Gasteiger partial charge in [-0.05, 0) is 25.4 Å². The van der Waals surface area contributed by atoms with Crippen molar-refractivity contribution in [2.45, 2.75) is 44.6 Å². The molecule has 0 fully saturated rings. The highest BCUT2D eigenvalue weighted by Gasteiger charge is 2.41. The second-order valence-electron chi connectivity index (χ2n) is 3.83. The molecule has 18 heavy (non-hydrogen) atoms. The molecule has 108 valence electrons. The Labute approximate surface area is 106 Å². The normalized spacial score (nSPS) is 14.6. The Morgan fingerprint density at radius 1 is 1.22 bits per heavy atom. The number of alkyl halides is 6. The Morgan fingerprint density at radius 2 is 1.78 bits per heavy atom. The van der Waals surface area contributed by atoms with E-state index in [2.05, 4.69) is 10.8 Å². The topological polar surface area (TPSA) is 9.23 Å². The maximum atomic E-state index is 12.4. The summed E-state index contributed by atoms with van der Waals surface area (Å²) < 4.78 is 77.0. The zero-order chi connectivity index (χ0) is 14.4. The summed E-state index contributed by atoms with van der Waals surface area (Å²) in [5, 5.41) is 0. The molecular formula is C10H14F6OS. The van der Waals surface area contributed by atoms with E-state index in [1.54, 1.807) is 0 Å². The van der Waals surface area contributed by atoms with Crippen LogP contribution in [0.5, 0.6) is 0 Å². The zero-order valence-electron chi connectivity index (χ0n) is 9.70.